The van der Waals surface area contributed by atoms with E-state index in [1.807, 2.05) is 17.0 Å². The molecule has 0 aliphatic carbocycles. The van der Waals surface area contributed by atoms with E-state index < -0.39 is 0 Å². The Labute approximate surface area is 130 Å². The van der Waals surface area contributed by atoms with E-state index in [1.54, 1.807) is 6.07 Å². The molecule has 3 nitrogen and oxygen atoms in total. The number of hydrogen-bond acceptors (Lipinski definition) is 2. The zero-order valence-electron chi connectivity index (χ0n) is 11.7. The lowest BCUT2D eigenvalue weighted by Gasteiger charge is -2.19. The molecule has 1 saturated heterocycles. The van der Waals surface area contributed by atoms with Gasteiger partial charge in [-0.3, -0.25) is 4.79 Å². The fourth-order valence-corrected chi connectivity index (χ4v) is 2.80. The van der Waals surface area contributed by atoms with Gasteiger partial charge in [0, 0.05) is 30.1 Å². The van der Waals surface area contributed by atoms with Crippen LogP contribution >= 0.6 is 23.8 Å². The lowest BCUT2D eigenvalue weighted by atomic mass is 9.95. The average molecular weight is 311 g/mol. The Morgan fingerprint density at radius 3 is 2.75 bits per heavy atom. The molecule has 1 aliphatic rings. The number of rotatable bonds is 4. The topological polar surface area (TPSA) is 46.3 Å². The second-order valence-electron chi connectivity index (χ2n) is 5.65. The summed E-state index contributed by atoms with van der Waals surface area (Å²) in [6, 6.07) is 5.51. The molecule has 20 heavy (non-hydrogen) atoms. The van der Waals surface area contributed by atoms with Crippen molar-refractivity contribution in [1.29, 1.82) is 0 Å². The van der Waals surface area contributed by atoms with E-state index in [4.69, 9.17) is 29.6 Å². The second-order valence-corrected chi connectivity index (χ2v) is 6.50. The van der Waals surface area contributed by atoms with Gasteiger partial charge in [0.05, 0.1) is 0 Å². The summed E-state index contributed by atoms with van der Waals surface area (Å²) in [4.78, 5) is 14.2. The first kappa shape index (κ1) is 15.3. The molecule has 1 aromatic rings. The number of amides is 1. The van der Waals surface area contributed by atoms with E-state index in [2.05, 4.69) is 13.8 Å². The molecule has 0 bridgehead atoms. The van der Waals surface area contributed by atoms with Gasteiger partial charge in [-0.05, 0) is 23.5 Å². The van der Waals surface area contributed by atoms with Gasteiger partial charge < -0.3 is 10.6 Å². The van der Waals surface area contributed by atoms with Gasteiger partial charge in [0.1, 0.15) is 4.99 Å². The van der Waals surface area contributed by atoms with Crippen molar-refractivity contribution in [1.82, 2.24) is 4.90 Å². The zero-order chi connectivity index (χ0) is 14.9. The number of hydrogen-bond donors (Lipinski definition) is 1. The molecule has 108 valence electrons. The molecule has 0 spiro atoms. The van der Waals surface area contributed by atoms with Crippen LogP contribution in [0.5, 0.6) is 0 Å². The summed E-state index contributed by atoms with van der Waals surface area (Å²) in [5.41, 5.74) is 7.26. The van der Waals surface area contributed by atoms with E-state index in [0.717, 1.165) is 17.7 Å². The van der Waals surface area contributed by atoms with Gasteiger partial charge in [-0.1, -0.05) is 49.8 Å². The standard InChI is InChI=1S/C15H19ClN2OS/c1-9(2)12-6-14(19)18(8-12)7-11-4-3-10(15(17)20)5-13(11)16/h3-5,9,12H,6-8H2,1-2H3,(H2,17,20). The number of thiocarbonyl (C=S) groups is 1. The van der Waals surface area contributed by atoms with Gasteiger partial charge in [0.25, 0.3) is 0 Å². The molecule has 1 unspecified atom stereocenters. The molecular weight excluding hydrogens is 292 g/mol. The number of carbonyl (C=O) groups is 1. The van der Waals surface area contributed by atoms with Crippen LogP contribution < -0.4 is 5.73 Å². The monoisotopic (exact) mass is 310 g/mol. The largest absolute Gasteiger partial charge is 0.389 e. The maximum Gasteiger partial charge on any atom is 0.223 e. The Hall–Kier alpha value is -1.13. The minimum Gasteiger partial charge on any atom is -0.389 e. The fourth-order valence-electron chi connectivity index (χ4n) is 2.44. The molecule has 1 heterocycles. The van der Waals surface area contributed by atoms with Crippen molar-refractivity contribution in [2.45, 2.75) is 26.8 Å². The Morgan fingerprint density at radius 2 is 2.25 bits per heavy atom. The summed E-state index contributed by atoms with van der Waals surface area (Å²) in [5, 5.41) is 0.607. The van der Waals surface area contributed by atoms with E-state index in [1.165, 1.54) is 0 Å². The van der Waals surface area contributed by atoms with Gasteiger partial charge >= 0.3 is 0 Å². The first-order chi connectivity index (χ1) is 9.38. The first-order valence-corrected chi connectivity index (χ1v) is 7.53. The van der Waals surface area contributed by atoms with Crippen LogP contribution in [-0.4, -0.2) is 22.3 Å². The summed E-state index contributed by atoms with van der Waals surface area (Å²) < 4.78 is 0. The van der Waals surface area contributed by atoms with Crippen molar-refractivity contribution in [3.63, 3.8) is 0 Å². The number of likely N-dealkylation sites (tertiary alicyclic amines) is 1. The lowest BCUT2D eigenvalue weighted by molar-refractivity contribution is -0.128. The van der Waals surface area contributed by atoms with Gasteiger partial charge in [0.15, 0.2) is 0 Å². The van der Waals surface area contributed by atoms with Gasteiger partial charge in [-0.2, -0.15) is 0 Å². The normalized spacial score (nSPS) is 18.9. The molecule has 5 heteroatoms. The SMILES string of the molecule is CC(C)C1CC(=O)N(Cc2ccc(C(N)=S)cc2Cl)C1. The minimum absolute atomic E-state index is 0.207. The zero-order valence-corrected chi connectivity index (χ0v) is 13.3. The smallest absolute Gasteiger partial charge is 0.223 e. The highest BCUT2D eigenvalue weighted by atomic mass is 35.5. The molecule has 1 fully saturated rings. The molecule has 0 radical (unpaired) electrons. The Bertz CT molecular complexity index is 545. The predicted molar refractivity (Wildman–Crippen MR) is 85.7 cm³/mol. The molecule has 1 aromatic carbocycles. The third kappa shape index (κ3) is 3.30. The quantitative estimate of drug-likeness (QED) is 0.870. The average Bonchev–Trinajstić information content (AvgIpc) is 2.73. The molecule has 1 amide bonds. The van der Waals surface area contributed by atoms with Crippen LogP contribution in [0.1, 0.15) is 31.4 Å². The van der Waals surface area contributed by atoms with Gasteiger partial charge in [0.2, 0.25) is 5.91 Å². The van der Waals surface area contributed by atoms with Crippen LogP contribution in [-0.2, 0) is 11.3 Å². The van der Waals surface area contributed by atoms with Crippen LogP contribution in [0.2, 0.25) is 5.02 Å². The second kappa shape index (κ2) is 6.10. The number of halogens is 1. The van der Waals surface area contributed by atoms with E-state index in [-0.39, 0.29) is 5.91 Å². The first-order valence-electron chi connectivity index (χ1n) is 6.74. The van der Waals surface area contributed by atoms with E-state index >= 15 is 0 Å². The van der Waals surface area contributed by atoms with Crippen molar-refractivity contribution >= 4 is 34.7 Å². The van der Waals surface area contributed by atoms with Crippen LogP contribution in [0, 0.1) is 11.8 Å². The number of nitrogens with zero attached hydrogens (tertiary/aromatic N) is 1. The van der Waals surface area contributed by atoms with Crippen LogP contribution in [0.25, 0.3) is 0 Å². The highest BCUT2D eigenvalue weighted by Crippen LogP contribution is 2.28. The van der Waals surface area contributed by atoms with Crippen molar-refractivity contribution in [3.05, 3.63) is 34.3 Å². The van der Waals surface area contributed by atoms with Crippen molar-refractivity contribution in [2.75, 3.05) is 6.54 Å². The summed E-state index contributed by atoms with van der Waals surface area (Å²) in [6.07, 6.45) is 0.639. The molecular formula is C15H19ClN2OS. The lowest BCUT2D eigenvalue weighted by Crippen LogP contribution is -2.25. The van der Waals surface area contributed by atoms with Crippen LogP contribution in [0.15, 0.2) is 18.2 Å². The molecule has 2 N–H and O–H groups in total. The van der Waals surface area contributed by atoms with Crippen LogP contribution in [0.3, 0.4) is 0 Å². The highest BCUT2D eigenvalue weighted by molar-refractivity contribution is 7.80. The summed E-state index contributed by atoms with van der Waals surface area (Å²) in [5.74, 6) is 1.17. The molecule has 0 saturated carbocycles. The van der Waals surface area contributed by atoms with Crippen molar-refractivity contribution in [2.24, 2.45) is 17.6 Å². The Kier molecular flexibility index (Phi) is 4.66. The summed E-state index contributed by atoms with van der Waals surface area (Å²) in [6.45, 7) is 5.68. The van der Waals surface area contributed by atoms with E-state index in [0.29, 0.717) is 34.8 Å². The molecule has 0 aromatic heterocycles. The van der Waals surface area contributed by atoms with E-state index in [9.17, 15) is 4.79 Å². The number of benzene rings is 1. The van der Waals surface area contributed by atoms with Crippen molar-refractivity contribution < 1.29 is 4.79 Å². The maximum atomic E-state index is 12.0. The van der Waals surface area contributed by atoms with Gasteiger partial charge in [-0.15, -0.1) is 0 Å². The highest BCUT2D eigenvalue weighted by Gasteiger charge is 2.31. The summed E-state index contributed by atoms with van der Waals surface area (Å²) in [7, 11) is 0. The maximum absolute atomic E-state index is 12.0. The van der Waals surface area contributed by atoms with Gasteiger partial charge in [-0.25, -0.2) is 0 Å². The third-order valence-electron chi connectivity index (χ3n) is 3.89. The third-order valence-corrected chi connectivity index (χ3v) is 4.47. The Balaban J connectivity index is 2.11. The fraction of sp³-hybridized carbons (Fsp3) is 0.467. The molecule has 1 aliphatic heterocycles. The Morgan fingerprint density at radius 1 is 1.55 bits per heavy atom. The number of carbonyl (C=O) groups excluding carboxylic acids is 1. The van der Waals surface area contributed by atoms with Crippen molar-refractivity contribution in [3.8, 4) is 0 Å². The minimum atomic E-state index is 0.207. The molecule has 2 rings (SSSR count). The summed E-state index contributed by atoms with van der Waals surface area (Å²) >= 11 is 11.2. The molecule has 1 atom stereocenters. The predicted octanol–water partition coefficient (Wildman–Crippen LogP) is 2.98. The van der Waals surface area contributed by atoms with Crippen LogP contribution in [0.4, 0.5) is 0 Å². The number of nitrogens with two attached hydrogens (primary N) is 1.